The van der Waals surface area contributed by atoms with E-state index in [9.17, 15) is 0 Å². The fraction of sp³-hybridized carbons (Fsp3) is 0.100. The summed E-state index contributed by atoms with van der Waals surface area (Å²) in [4.78, 5) is 0. The summed E-state index contributed by atoms with van der Waals surface area (Å²) in [5.74, 6) is 1.47. The van der Waals surface area contributed by atoms with Crippen LogP contribution in [0.3, 0.4) is 0 Å². The van der Waals surface area contributed by atoms with Crippen LogP contribution in [-0.4, -0.2) is 10.2 Å². The molecule has 0 saturated heterocycles. The molecule has 0 bridgehead atoms. The number of benzene rings is 2. The molecule has 5 nitrogen and oxygen atoms in total. The van der Waals surface area contributed by atoms with Crippen LogP contribution in [0.15, 0.2) is 87.9 Å². The summed E-state index contributed by atoms with van der Waals surface area (Å²) in [7, 11) is 0. The number of nitrogens with one attached hydrogen (secondary N) is 1. The highest BCUT2D eigenvalue weighted by atomic mass is 16.4. The third-order valence-electron chi connectivity index (χ3n) is 3.92. The number of rotatable bonds is 6. The van der Waals surface area contributed by atoms with Gasteiger partial charge in [-0.05, 0) is 23.3 Å². The first-order valence-electron chi connectivity index (χ1n) is 8.10. The molecule has 5 heteroatoms. The maximum atomic E-state index is 5.67. The summed E-state index contributed by atoms with van der Waals surface area (Å²) in [6.07, 6.45) is 1.58. The molecule has 2 aromatic carbocycles. The van der Waals surface area contributed by atoms with Gasteiger partial charge in [-0.1, -0.05) is 60.7 Å². The largest absolute Gasteiger partial charge is 0.459 e. The van der Waals surface area contributed by atoms with E-state index in [2.05, 4.69) is 39.8 Å². The Morgan fingerprint density at radius 1 is 0.800 bits per heavy atom. The minimum absolute atomic E-state index is 0.0429. The number of hydrogen-bond acceptors (Lipinski definition) is 5. The lowest BCUT2D eigenvalue weighted by Gasteiger charge is -2.18. The van der Waals surface area contributed by atoms with Gasteiger partial charge in [0, 0.05) is 0 Å². The lowest BCUT2D eigenvalue weighted by Crippen LogP contribution is -2.22. The molecule has 0 unspecified atom stereocenters. The van der Waals surface area contributed by atoms with Crippen molar-refractivity contribution < 1.29 is 8.83 Å². The predicted molar refractivity (Wildman–Crippen MR) is 93.6 cm³/mol. The second-order valence-corrected chi connectivity index (χ2v) is 5.61. The smallest absolute Gasteiger partial charge is 0.283 e. The predicted octanol–water partition coefficient (Wildman–Crippen LogP) is 4.21. The third-order valence-corrected chi connectivity index (χ3v) is 3.92. The monoisotopic (exact) mass is 331 g/mol. The summed E-state index contributed by atoms with van der Waals surface area (Å²) in [6, 6.07) is 24.2. The van der Waals surface area contributed by atoms with Crippen molar-refractivity contribution >= 4 is 0 Å². The second kappa shape index (κ2) is 7.15. The Morgan fingerprint density at radius 2 is 1.48 bits per heavy atom. The second-order valence-electron chi connectivity index (χ2n) is 5.61. The summed E-state index contributed by atoms with van der Waals surface area (Å²) in [5, 5.41) is 11.6. The normalized spacial score (nSPS) is 11.1. The Balaban J connectivity index is 1.54. The number of nitrogens with zero attached hydrogens (tertiary/aromatic N) is 2. The van der Waals surface area contributed by atoms with Crippen LogP contribution in [0.4, 0.5) is 0 Å². The zero-order valence-corrected chi connectivity index (χ0v) is 13.5. The number of hydrogen-bond donors (Lipinski definition) is 1. The maximum Gasteiger partial charge on any atom is 0.283 e. The Morgan fingerprint density at radius 3 is 2.08 bits per heavy atom. The van der Waals surface area contributed by atoms with Crippen LogP contribution in [0.5, 0.6) is 0 Å². The molecule has 4 aromatic rings. The molecule has 124 valence electrons. The summed E-state index contributed by atoms with van der Waals surface area (Å²) >= 11 is 0. The average molecular weight is 331 g/mol. The first kappa shape index (κ1) is 15.4. The molecule has 0 atom stereocenters. The summed E-state index contributed by atoms with van der Waals surface area (Å²) < 4.78 is 11.0. The van der Waals surface area contributed by atoms with E-state index in [4.69, 9.17) is 8.83 Å². The molecule has 1 N–H and O–H groups in total. The van der Waals surface area contributed by atoms with E-state index < -0.39 is 0 Å². The number of aromatic nitrogens is 2. The fourth-order valence-corrected chi connectivity index (χ4v) is 2.73. The zero-order valence-electron chi connectivity index (χ0n) is 13.5. The van der Waals surface area contributed by atoms with Crippen molar-refractivity contribution in [1.82, 2.24) is 15.5 Å². The molecule has 2 aromatic heterocycles. The standard InChI is InChI=1S/C20H17N3O2/c1-3-8-15(9-4-1)19(16-10-5-2-6-11-16)21-14-18-22-23-20(25-18)17-12-7-13-24-17/h1-13,19,21H,14H2. The lowest BCUT2D eigenvalue weighted by molar-refractivity contribution is 0.449. The molecule has 2 heterocycles. The Labute approximate surface area is 145 Å². The highest BCUT2D eigenvalue weighted by Crippen LogP contribution is 2.23. The van der Waals surface area contributed by atoms with Crippen molar-refractivity contribution in [3.05, 3.63) is 96.1 Å². The highest BCUT2D eigenvalue weighted by Gasteiger charge is 2.16. The SMILES string of the molecule is c1ccc(C(NCc2nnc(-c3ccco3)o2)c2ccccc2)cc1. The van der Waals surface area contributed by atoms with Gasteiger partial charge < -0.3 is 8.83 Å². The van der Waals surface area contributed by atoms with E-state index in [1.807, 2.05) is 36.4 Å². The molecule has 0 aliphatic heterocycles. The van der Waals surface area contributed by atoms with E-state index in [0.717, 1.165) is 0 Å². The molecule has 0 saturated carbocycles. The van der Waals surface area contributed by atoms with Crippen molar-refractivity contribution in [2.24, 2.45) is 0 Å². The van der Waals surface area contributed by atoms with Gasteiger partial charge in [-0.25, -0.2) is 0 Å². The quantitative estimate of drug-likeness (QED) is 0.573. The third kappa shape index (κ3) is 3.51. The van der Waals surface area contributed by atoms with Gasteiger partial charge in [-0.15, -0.1) is 10.2 Å². The minimum Gasteiger partial charge on any atom is -0.459 e. The van der Waals surface area contributed by atoms with Crippen LogP contribution < -0.4 is 5.32 Å². The van der Waals surface area contributed by atoms with E-state index in [0.29, 0.717) is 24.1 Å². The van der Waals surface area contributed by atoms with Crippen molar-refractivity contribution in [2.45, 2.75) is 12.6 Å². The van der Waals surface area contributed by atoms with E-state index >= 15 is 0 Å². The van der Waals surface area contributed by atoms with Crippen molar-refractivity contribution in [3.63, 3.8) is 0 Å². The van der Waals surface area contributed by atoms with E-state index in [1.54, 1.807) is 18.4 Å². The van der Waals surface area contributed by atoms with Crippen LogP contribution in [0.2, 0.25) is 0 Å². The van der Waals surface area contributed by atoms with Gasteiger partial charge in [0.15, 0.2) is 5.76 Å². The molecule has 0 radical (unpaired) electrons. The van der Waals surface area contributed by atoms with Gasteiger partial charge in [0.25, 0.3) is 5.89 Å². The molecule has 0 amide bonds. The van der Waals surface area contributed by atoms with Crippen LogP contribution in [0.1, 0.15) is 23.1 Å². The maximum absolute atomic E-state index is 5.67. The summed E-state index contributed by atoms with van der Waals surface area (Å²) in [6.45, 7) is 0.460. The van der Waals surface area contributed by atoms with Crippen LogP contribution in [-0.2, 0) is 6.54 Å². The molecule has 25 heavy (non-hydrogen) atoms. The Kier molecular flexibility index (Phi) is 4.39. The van der Waals surface area contributed by atoms with Crippen molar-refractivity contribution in [2.75, 3.05) is 0 Å². The lowest BCUT2D eigenvalue weighted by atomic mass is 9.99. The van der Waals surface area contributed by atoms with Gasteiger partial charge >= 0.3 is 0 Å². The van der Waals surface area contributed by atoms with Gasteiger partial charge in [0.05, 0.1) is 18.8 Å². The highest BCUT2D eigenvalue weighted by molar-refractivity contribution is 5.42. The van der Waals surface area contributed by atoms with E-state index in [-0.39, 0.29) is 6.04 Å². The first-order valence-corrected chi connectivity index (χ1v) is 8.10. The summed E-state index contributed by atoms with van der Waals surface area (Å²) in [5.41, 5.74) is 2.36. The van der Waals surface area contributed by atoms with Crippen molar-refractivity contribution in [1.29, 1.82) is 0 Å². The van der Waals surface area contributed by atoms with Gasteiger partial charge in [0.1, 0.15) is 0 Å². The average Bonchev–Trinajstić information content (AvgIpc) is 3.35. The minimum atomic E-state index is 0.0429. The molecule has 0 fully saturated rings. The number of furan rings is 1. The van der Waals surface area contributed by atoms with Gasteiger partial charge in [-0.2, -0.15) is 0 Å². The zero-order chi connectivity index (χ0) is 16.9. The first-order chi connectivity index (χ1) is 12.4. The molecule has 4 rings (SSSR count). The Bertz CT molecular complexity index is 863. The molecule has 0 aliphatic rings. The van der Waals surface area contributed by atoms with Crippen molar-refractivity contribution in [3.8, 4) is 11.7 Å². The molecular formula is C20H17N3O2. The fourth-order valence-electron chi connectivity index (χ4n) is 2.73. The van der Waals surface area contributed by atoms with Gasteiger partial charge in [-0.3, -0.25) is 5.32 Å². The topological polar surface area (TPSA) is 64.1 Å². The van der Waals surface area contributed by atoms with E-state index in [1.165, 1.54) is 11.1 Å². The Hall–Kier alpha value is -3.18. The molecular weight excluding hydrogens is 314 g/mol. The van der Waals surface area contributed by atoms with Gasteiger partial charge in [0.2, 0.25) is 5.89 Å². The molecule has 0 aliphatic carbocycles. The van der Waals surface area contributed by atoms with Crippen LogP contribution >= 0.6 is 0 Å². The van der Waals surface area contributed by atoms with Crippen LogP contribution in [0, 0.1) is 0 Å². The van der Waals surface area contributed by atoms with Crippen LogP contribution in [0.25, 0.3) is 11.7 Å². The molecule has 0 spiro atoms.